The van der Waals surface area contributed by atoms with Crippen LogP contribution in [0.15, 0.2) is 66.2 Å². The van der Waals surface area contributed by atoms with Gasteiger partial charge in [0.15, 0.2) is 0 Å². The number of pyridine rings is 1. The first-order chi connectivity index (χ1) is 15.3. The monoisotopic (exact) mass is 455 g/mol. The van der Waals surface area contributed by atoms with Crippen LogP contribution >= 0.6 is 0 Å². The minimum atomic E-state index is -1.53. The third kappa shape index (κ3) is 4.92. The SMILES string of the molecule is C=CCn1cc(-c2ccc(-c3ccn(CCC(C)(C(=O)NO)S(C)=O)c(=O)c3)cc2)nn1. The molecule has 0 saturated heterocycles. The summed E-state index contributed by atoms with van der Waals surface area (Å²) in [6, 6.07) is 11.0. The predicted octanol–water partition coefficient (Wildman–Crippen LogP) is 1.99. The second-order valence-corrected chi connectivity index (χ2v) is 9.32. The van der Waals surface area contributed by atoms with Gasteiger partial charge in [0, 0.05) is 41.4 Å². The molecular formula is C22H25N5O4S. The lowest BCUT2D eigenvalue weighted by Gasteiger charge is -2.24. The molecule has 0 radical (unpaired) electrons. The Kier molecular flexibility index (Phi) is 7.16. The Labute approximate surface area is 187 Å². The van der Waals surface area contributed by atoms with Crippen LogP contribution in [0.3, 0.4) is 0 Å². The van der Waals surface area contributed by atoms with Gasteiger partial charge < -0.3 is 4.57 Å². The topological polar surface area (TPSA) is 119 Å². The van der Waals surface area contributed by atoms with E-state index in [0.717, 1.165) is 22.4 Å². The van der Waals surface area contributed by atoms with Gasteiger partial charge in [-0.05, 0) is 30.5 Å². The molecule has 0 bridgehead atoms. The molecule has 0 aliphatic heterocycles. The molecule has 0 spiro atoms. The summed E-state index contributed by atoms with van der Waals surface area (Å²) in [5.74, 6) is -0.743. The van der Waals surface area contributed by atoms with Gasteiger partial charge in [0.1, 0.15) is 10.4 Å². The summed E-state index contributed by atoms with van der Waals surface area (Å²) < 4.78 is 13.8. The molecule has 2 heterocycles. The van der Waals surface area contributed by atoms with E-state index in [1.165, 1.54) is 23.8 Å². The molecule has 2 N–H and O–H groups in total. The van der Waals surface area contributed by atoms with Crippen LogP contribution in [-0.4, -0.2) is 45.9 Å². The Hall–Kier alpha value is -3.37. The zero-order valence-corrected chi connectivity index (χ0v) is 18.7. The number of rotatable bonds is 9. The van der Waals surface area contributed by atoms with E-state index in [4.69, 9.17) is 5.21 Å². The molecule has 168 valence electrons. The van der Waals surface area contributed by atoms with Gasteiger partial charge in [0.2, 0.25) is 0 Å². The number of carbonyl (C=O) groups excluding carboxylic acids is 1. The molecule has 9 nitrogen and oxygen atoms in total. The fourth-order valence-electron chi connectivity index (χ4n) is 3.20. The lowest BCUT2D eigenvalue weighted by Crippen LogP contribution is -2.47. The fraction of sp³-hybridized carbons (Fsp3) is 0.273. The summed E-state index contributed by atoms with van der Waals surface area (Å²) >= 11 is 0. The highest BCUT2D eigenvalue weighted by molar-refractivity contribution is 7.86. The standard InChI is InChI=1S/C22H25N5O4S/c1-4-11-27-15-19(23-25-27)17-7-5-16(6-8-17)18-9-12-26(20(28)14-18)13-10-22(2,32(3)31)21(29)24-30/h4-9,12,14-15,30H,1,10-11,13H2,2-3H3,(H,24,29). The highest BCUT2D eigenvalue weighted by atomic mass is 32.2. The lowest BCUT2D eigenvalue weighted by molar-refractivity contribution is -0.131. The second kappa shape index (κ2) is 9.84. The summed E-state index contributed by atoms with van der Waals surface area (Å²) in [4.78, 5) is 24.5. The molecular weight excluding hydrogens is 430 g/mol. The summed E-state index contributed by atoms with van der Waals surface area (Å²) in [6.07, 6.45) is 6.75. The molecule has 3 rings (SSSR count). The van der Waals surface area contributed by atoms with E-state index in [0.29, 0.717) is 6.54 Å². The first-order valence-electron chi connectivity index (χ1n) is 9.89. The first-order valence-corrected chi connectivity index (χ1v) is 11.4. The Balaban J connectivity index is 1.76. The van der Waals surface area contributed by atoms with E-state index < -0.39 is 21.5 Å². The van der Waals surface area contributed by atoms with Crippen molar-refractivity contribution >= 4 is 16.7 Å². The summed E-state index contributed by atoms with van der Waals surface area (Å²) in [5.41, 5.74) is 4.60. The van der Waals surface area contributed by atoms with Crippen molar-refractivity contribution in [2.75, 3.05) is 6.26 Å². The number of amides is 1. The van der Waals surface area contributed by atoms with Crippen LogP contribution in [-0.2, 0) is 28.7 Å². The fourth-order valence-corrected chi connectivity index (χ4v) is 3.88. The molecule has 10 heteroatoms. The van der Waals surface area contributed by atoms with Gasteiger partial charge in [0.25, 0.3) is 11.5 Å². The molecule has 0 aliphatic rings. The molecule has 1 amide bonds. The van der Waals surface area contributed by atoms with Crippen LogP contribution in [0, 0.1) is 0 Å². The Morgan fingerprint density at radius 1 is 1.25 bits per heavy atom. The van der Waals surface area contributed by atoms with Crippen molar-refractivity contribution in [3.05, 3.63) is 71.8 Å². The van der Waals surface area contributed by atoms with Gasteiger partial charge in [-0.3, -0.25) is 19.0 Å². The van der Waals surface area contributed by atoms with Crippen LogP contribution in [0.4, 0.5) is 0 Å². The number of allylic oxidation sites excluding steroid dienone is 1. The predicted molar refractivity (Wildman–Crippen MR) is 122 cm³/mol. The number of nitrogens with one attached hydrogen (secondary N) is 1. The first kappa shape index (κ1) is 23.3. The van der Waals surface area contributed by atoms with Crippen molar-refractivity contribution in [2.24, 2.45) is 0 Å². The zero-order valence-electron chi connectivity index (χ0n) is 17.9. The van der Waals surface area contributed by atoms with E-state index in [2.05, 4.69) is 16.9 Å². The Morgan fingerprint density at radius 3 is 2.53 bits per heavy atom. The van der Waals surface area contributed by atoms with Gasteiger partial charge in [-0.2, -0.15) is 0 Å². The van der Waals surface area contributed by atoms with Crippen molar-refractivity contribution in [2.45, 2.75) is 31.2 Å². The summed E-state index contributed by atoms with van der Waals surface area (Å²) in [5, 5.41) is 17.1. The van der Waals surface area contributed by atoms with Crippen molar-refractivity contribution in [1.29, 1.82) is 0 Å². The third-order valence-electron chi connectivity index (χ3n) is 5.41. The Morgan fingerprint density at radius 2 is 1.94 bits per heavy atom. The normalized spacial score (nSPS) is 13.8. The number of hydrogen-bond acceptors (Lipinski definition) is 6. The quantitative estimate of drug-likeness (QED) is 0.289. The van der Waals surface area contributed by atoms with Crippen molar-refractivity contribution in [1.82, 2.24) is 25.0 Å². The third-order valence-corrected chi connectivity index (χ3v) is 7.07. The van der Waals surface area contributed by atoms with E-state index >= 15 is 0 Å². The van der Waals surface area contributed by atoms with E-state index in [9.17, 15) is 13.8 Å². The Bertz CT molecular complexity index is 1200. The molecule has 32 heavy (non-hydrogen) atoms. The number of hydrogen-bond donors (Lipinski definition) is 2. The van der Waals surface area contributed by atoms with E-state index in [-0.39, 0.29) is 18.5 Å². The maximum atomic E-state index is 12.6. The molecule has 0 fully saturated rings. The second-order valence-electron chi connectivity index (χ2n) is 7.51. The summed E-state index contributed by atoms with van der Waals surface area (Å²) in [7, 11) is -1.53. The number of benzene rings is 1. The van der Waals surface area contributed by atoms with E-state index in [1.54, 1.807) is 22.4 Å². The van der Waals surface area contributed by atoms with Gasteiger partial charge in [-0.15, -0.1) is 11.7 Å². The number of carbonyl (C=O) groups is 1. The van der Waals surface area contributed by atoms with Crippen LogP contribution < -0.4 is 11.0 Å². The number of hydroxylamine groups is 1. The summed E-state index contributed by atoms with van der Waals surface area (Å²) in [6.45, 7) is 5.94. The minimum absolute atomic E-state index is 0.128. The van der Waals surface area contributed by atoms with Gasteiger partial charge in [0.05, 0.1) is 12.7 Å². The average molecular weight is 456 g/mol. The molecule has 3 aromatic rings. The zero-order chi connectivity index (χ0) is 23.3. The van der Waals surface area contributed by atoms with Crippen LogP contribution in [0.1, 0.15) is 13.3 Å². The maximum Gasteiger partial charge on any atom is 0.261 e. The number of nitrogens with zero attached hydrogens (tertiary/aromatic N) is 4. The molecule has 1 aromatic carbocycles. The van der Waals surface area contributed by atoms with Crippen molar-refractivity contribution < 1.29 is 14.2 Å². The van der Waals surface area contributed by atoms with Crippen molar-refractivity contribution in [3.8, 4) is 22.4 Å². The van der Waals surface area contributed by atoms with Gasteiger partial charge in [-0.25, -0.2) is 10.2 Å². The average Bonchev–Trinajstić information content (AvgIpc) is 3.26. The molecule has 2 atom stereocenters. The van der Waals surface area contributed by atoms with Gasteiger partial charge >= 0.3 is 0 Å². The number of aryl methyl sites for hydroxylation is 1. The van der Waals surface area contributed by atoms with Gasteiger partial charge in [-0.1, -0.05) is 35.6 Å². The van der Waals surface area contributed by atoms with Crippen molar-refractivity contribution in [3.63, 3.8) is 0 Å². The highest BCUT2D eigenvalue weighted by Crippen LogP contribution is 2.23. The minimum Gasteiger partial charge on any atom is -0.315 e. The smallest absolute Gasteiger partial charge is 0.261 e. The number of aromatic nitrogens is 4. The molecule has 0 aliphatic carbocycles. The largest absolute Gasteiger partial charge is 0.315 e. The molecule has 0 saturated carbocycles. The highest BCUT2D eigenvalue weighted by Gasteiger charge is 2.37. The lowest BCUT2D eigenvalue weighted by atomic mass is 10.0. The molecule has 2 unspecified atom stereocenters. The molecule has 2 aromatic heterocycles. The maximum absolute atomic E-state index is 12.6. The van der Waals surface area contributed by atoms with Crippen LogP contribution in [0.5, 0.6) is 0 Å². The van der Waals surface area contributed by atoms with E-state index in [1.807, 2.05) is 36.5 Å². The van der Waals surface area contributed by atoms with Crippen LogP contribution in [0.2, 0.25) is 0 Å². The van der Waals surface area contributed by atoms with Crippen LogP contribution in [0.25, 0.3) is 22.4 Å².